The van der Waals surface area contributed by atoms with Gasteiger partial charge in [-0.2, -0.15) is 0 Å². The van der Waals surface area contributed by atoms with Gasteiger partial charge in [-0.25, -0.2) is 0 Å². The number of benzene rings is 4. The van der Waals surface area contributed by atoms with Gasteiger partial charge < -0.3 is 10.0 Å². The van der Waals surface area contributed by atoms with Gasteiger partial charge in [0.25, 0.3) is 5.91 Å². The fraction of sp³-hybridized carbons (Fsp3) is 0.133. The van der Waals surface area contributed by atoms with Crippen LogP contribution in [0.15, 0.2) is 103 Å². The lowest BCUT2D eigenvalue weighted by atomic mass is 9.88. The SMILES string of the molecule is Cc1ccccc1CN1C(=O)C(O)(CC(=O)c2ccc(-c3ccccc3)cc2)c2ccccc21. The molecule has 4 aromatic carbocycles. The first kappa shape index (κ1) is 21.8. The lowest BCUT2D eigenvalue weighted by molar-refractivity contribution is -0.136. The maximum atomic E-state index is 13.5. The monoisotopic (exact) mass is 447 g/mol. The third-order valence-corrected chi connectivity index (χ3v) is 6.56. The molecule has 0 fully saturated rings. The lowest BCUT2D eigenvalue weighted by Crippen LogP contribution is -2.41. The Bertz CT molecular complexity index is 1360. The summed E-state index contributed by atoms with van der Waals surface area (Å²) in [6, 6.07) is 32.2. The minimum absolute atomic E-state index is 0.275. The van der Waals surface area contributed by atoms with Crippen LogP contribution in [0.3, 0.4) is 0 Å². The van der Waals surface area contributed by atoms with Gasteiger partial charge in [0.05, 0.1) is 18.7 Å². The van der Waals surface area contributed by atoms with Gasteiger partial charge in [-0.15, -0.1) is 0 Å². The van der Waals surface area contributed by atoms with Crippen LogP contribution in [0.5, 0.6) is 0 Å². The van der Waals surface area contributed by atoms with E-state index < -0.39 is 11.5 Å². The molecule has 1 aliphatic heterocycles. The molecule has 0 aliphatic carbocycles. The molecule has 1 N–H and O–H groups in total. The molecule has 168 valence electrons. The molecule has 0 saturated carbocycles. The second-order valence-corrected chi connectivity index (χ2v) is 8.74. The van der Waals surface area contributed by atoms with Crippen molar-refractivity contribution in [1.29, 1.82) is 0 Å². The van der Waals surface area contributed by atoms with Crippen molar-refractivity contribution >= 4 is 17.4 Å². The molecule has 1 amide bonds. The van der Waals surface area contributed by atoms with Crippen LogP contribution in [0.4, 0.5) is 5.69 Å². The van der Waals surface area contributed by atoms with E-state index in [0.29, 0.717) is 23.4 Å². The van der Waals surface area contributed by atoms with Crippen molar-refractivity contribution in [3.63, 3.8) is 0 Å². The second-order valence-electron chi connectivity index (χ2n) is 8.74. The number of Topliss-reactive ketones (excluding diaryl/α,β-unsaturated/α-hetero) is 1. The molecule has 4 aromatic rings. The molecule has 4 heteroatoms. The maximum Gasteiger partial charge on any atom is 0.264 e. The average Bonchev–Trinajstić information content (AvgIpc) is 3.08. The van der Waals surface area contributed by atoms with Crippen LogP contribution in [0.25, 0.3) is 11.1 Å². The van der Waals surface area contributed by atoms with Crippen LogP contribution in [0.2, 0.25) is 0 Å². The number of anilines is 1. The lowest BCUT2D eigenvalue weighted by Gasteiger charge is -2.23. The summed E-state index contributed by atoms with van der Waals surface area (Å²) in [6.45, 7) is 2.33. The van der Waals surface area contributed by atoms with Gasteiger partial charge in [0.1, 0.15) is 0 Å². The highest BCUT2D eigenvalue weighted by molar-refractivity contribution is 6.10. The van der Waals surface area contributed by atoms with Gasteiger partial charge in [-0.05, 0) is 35.2 Å². The fourth-order valence-electron chi connectivity index (χ4n) is 4.61. The van der Waals surface area contributed by atoms with E-state index in [-0.39, 0.29) is 12.2 Å². The number of hydrogen-bond donors (Lipinski definition) is 1. The van der Waals surface area contributed by atoms with Crippen molar-refractivity contribution in [3.05, 3.63) is 125 Å². The van der Waals surface area contributed by atoms with E-state index in [2.05, 4.69) is 0 Å². The Morgan fingerprint density at radius 2 is 1.41 bits per heavy atom. The van der Waals surface area contributed by atoms with Crippen LogP contribution in [-0.2, 0) is 16.9 Å². The van der Waals surface area contributed by atoms with E-state index in [1.807, 2.05) is 85.8 Å². The Kier molecular flexibility index (Phi) is 5.60. The topological polar surface area (TPSA) is 57.6 Å². The van der Waals surface area contributed by atoms with Crippen LogP contribution in [0.1, 0.15) is 33.5 Å². The van der Waals surface area contributed by atoms with Gasteiger partial charge in [0, 0.05) is 11.1 Å². The first-order chi connectivity index (χ1) is 16.5. The number of ketones is 1. The minimum atomic E-state index is -1.89. The van der Waals surface area contributed by atoms with Crippen LogP contribution in [0, 0.1) is 6.92 Å². The quantitative estimate of drug-likeness (QED) is 0.388. The van der Waals surface area contributed by atoms with Crippen molar-refractivity contribution in [1.82, 2.24) is 0 Å². The average molecular weight is 448 g/mol. The highest BCUT2D eigenvalue weighted by Gasteiger charge is 2.50. The number of aliphatic hydroxyl groups is 1. The Morgan fingerprint density at radius 1 is 0.794 bits per heavy atom. The fourth-order valence-corrected chi connectivity index (χ4v) is 4.61. The molecule has 0 spiro atoms. The van der Waals surface area contributed by atoms with Gasteiger partial charge in [-0.3, -0.25) is 9.59 Å². The molecule has 0 aromatic heterocycles. The summed E-state index contributed by atoms with van der Waals surface area (Å²) in [6.07, 6.45) is -0.308. The number of rotatable bonds is 6. The highest BCUT2D eigenvalue weighted by Crippen LogP contribution is 2.43. The number of aryl methyl sites for hydroxylation is 1. The van der Waals surface area contributed by atoms with Crippen LogP contribution in [-0.4, -0.2) is 16.8 Å². The normalized spacial score (nSPS) is 17.0. The molecule has 0 saturated heterocycles. The molecule has 34 heavy (non-hydrogen) atoms. The molecule has 1 heterocycles. The van der Waals surface area contributed by atoms with Gasteiger partial charge in [0.2, 0.25) is 0 Å². The summed E-state index contributed by atoms with van der Waals surface area (Å²) in [7, 11) is 0. The number of fused-ring (bicyclic) bond motifs is 1. The van der Waals surface area contributed by atoms with Crippen molar-refractivity contribution in [2.45, 2.75) is 25.5 Å². The van der Waals surface area contributed by atoms with E-state index in [4.69, 9.17) is 0 Å². The molecular formula is C30H25NO3. The second kappa shape index (κ2) is 8.73. The highest BCUT2D eigenvalue weighted by atomic mass is 16.3. The third kappa shape index (κ3) is 3.82. The Morgan fingerprint density at radius 3 is 2.15 bits per heavy atom. The van der Waals surface area contributed by atoms with Gasteiger partial charge in [0.15, 0.2) is 11.4 Å². The van der Waals surface area contributed by atoms with E-state index in [1.54, 1.807) is 29.2 Å². The summed E-state index contributed by atoms with van der Waals surface area (Å²) in [4.78, 5) is 28.3. The molecule has 5 rings (SSSR count). The zero-order valence-corrected chi connectivity index (χ0v) is 18.9. The van der Waals surface area contributed by atoms with Gasteiger partial charge >= 0.3 is 0 Å². The number of amides is 1. The largest absolute Gasteiger partial charge is 0.375 e. The number of carbonyl (C=O) groups excluding carboxylic acids is 2. The number of nitrogens with zero attached hydrogens (tertiary/aromatic N) is 1. The Labute approximate surface area is 199 Å². The maximum absolute atomic E-state index is 13.5. The summed E-state index contributed by atoms with van der Waals surface area (Å²) in [5, 5.41) is 11.6. The predicted octanol–water partition coefficient (Wildman–Crippen LogP) is 5.67. The standard InChI is InChI=1S/C30H25NO3/c1-21-9-5-6-12-25(21)20-31-27-14-8-7-13-26(27)30(34,29(31)33)19-28(32)24-17-15-23(16-18-24)22-10-3-2-4-11-22/h2-18,34H,19-20H2,1H3. The molecule has 1 atom stereocenters. The zero-order valence-electron chi connectivity index (χ0n) is 18.9. The first-order valence-electron chi connectivity index (χ1n) is 11.3. The number of hydrogen-bond acceptors (Lipinski definition) is 3. The van der Waals surface area contributed by atoms with Crippen molar-refractivity contribution < 1.29 is 14.7 Å². The summed E-state index contributed by atoms with van der Waals surface area (Å²) < 4.78 is 0. The van der Waals surface area contributed by atoms with E-state index in [1.165, 1.54) is 0 Å². The Balaban J connectivity index is 1.42. The number of carbonyl (C=O) groups is 2. The van der Waals surface area contributed by atoms with Crippen LogP contribution >= 0.6 is 0 Å². The molecule has 1 unspecified atom stereocenters. The number of para-hydroxylation sites is 1. The molecule has 1 aliphatic rings. The van der Waals surface area contributed by atoms with E-state index in [0.717, 1.165) is 22.3 Å². The predicted molar refractivity (Wildman–Crippen MR) is 134 cm³/mol. The van der Waals surface area contributed by atoms with Crippen molar-refractivity contribution in [3.8, 4) is 11.1 Å². The smallest absolute Gasteiger partial charge is 0.264 e. The van der Waals surface area contributed by atoms with E-state index >= 15 is 0 Å². The van der Waals surface area contributed by atoms with Gasteiger partial charge in [-0.1, -0.05) is 97.1 Å². The van der Waals surface area contributed by atoms with Crippen molar-refractivity contribution in [2.24, 2.45) is 0 Å². The zero-order chi connectivity index (χ0) is 23.7. The van der Waals surface area contributed by atoms with E-state index in [9.17, 15) is 14.7 Å². The molecule has 0 bridgehead atoms. The minimum Gasteiger partial charge on any atom is -0.375 e. The van der Waals surface area contributed by atoms with Crippen molar-refractivity contribution in [2.75, 3.05) is 4.90 Å². The molecular weight excluding hydrogens is 422 g/mol. The first-order valence-corrected chi connectivity index (χ1v) is 11.3. The third-order valence-electron chi connectivity index (χ3n) is 6.56. The summed E-state index contributed by atoms with van der Waals surface area (Å²) in [5.41, 5.74) is 3.82. The summed E-state index contributed by atoms with van der Waals surface area (Å²) in [5.74, 6) is -0.741. The van der Waals surface area contributed by atoms with Crippen LogP contribution < -0.4 is 4.90 Å². The molecule has 0 radical (unpaired) electrons. The Hall–Kier alpha value is -4.02. The molecule has 4 nitrogen and oxygen atoms in total. The summed E-state index contributed by atoms with van der Waals surface area (Å²) >= 11 is 0.